The van der Waals surface area contributed by atoms with Crippen molar-refractivity contribution in [3.05, 3.63) is 0 Å². The van der Waals surface area contributed by atoms with Crippen LogP contribution < -0.4 is 0 Å². The van der Waals surface area contributed by atoms with Crippen LogP contribution in [0.3, 0.4) is 0 Å². The maximum Gasteiger partial charge on any atom is 0.222 e. The van der Waals surface area contributed by atoms with E-state index in [0.717, 1.165) is 37.7 Å². The Kier molecular flexibility index (Phi) is 5.98. The number of halogens is 1. The zero-order valence-electron chi connectivity index (χ0n) is 11.5. The van der Waals surface area contributed by atoms with Gasteiger partial charge in [-0.25, -0.2) is 0 Å². The summed E-state index contributed by atoms with van der Waals surface area (Å²) in [7, 11) is 0. The molecule has 1 rings (SSSR count). The highest BCUT2D eigenvalue weighted by Gasteiger charge is 2.35. The maximum atomic E-state index is 12.0. The van der Waals surface area contributed by atoms with Crippen LogP contribution in [0.25, 0.3) is 0 Å². The van der Waals surface area contributed by atoms with E-state index < -0.39 is 0 Å². The summed E-state index contributed by atoms with van der Waals surface area (Å²) in [5, 5.41) is 0.995. The molecule has 0 radical (unpaired) electrons. The fourth-order valence-corrected chi connectivity index (χ4v) is 3.69. The number of nitrogens with zero attached hydrogens (tertiary/aromatic N) is 1. The fraction of sp³-hybridized carbons (Fsp3) is 0.929. The van der Waals surface area contributed by atoms with E-state index in [-0.39, 0.29) is 5.41 Å². The minimum absolute atomic E-state index is 0.275. The summed E-state index contributed by atoms with van der Waals surface area (Å²) >= 11 is 3.63. The van der Waals surface area contributed by atoms with Crippen LogP contribution >= 0.6 is 15.9 Å². The Bertz CT molecular complexity index is 242. The molecule has 1 atom stereocenters. The minimum Gasteiger partial charge on any atom is -0.342 e. The van der Waals surface area contributed by atoms with Crippen molar-refractivity contribution in [2.24, 2.45) is 11.3 Å². The third-order valence-electron chi connectivity index (χ3n) is 4.30. The normalized spacial score (nSPS) is 21.3. The molecule has 0 aromatic heterocycles. The molecule has 0 saturated carbocycles. The van der Waals surface area contributed by atoms with Crippen LogP contribution in [0.15, 0.2) is 0 Å². The summed E-state index contributed by atoms with van der Waals surface area (Å²) in [5.74, 6) is 0.977. The lowest BCUT2D eigenvalue weighted by Gasteiger charge is -2.34. The third-order valence-corrected chi connectivity index (χ3v) is 5.49. The predicted molar refractivity (Wildman–Crippen MR) is 76.4 cm³/mol. The lowest BCUT2D eigenvalue weighted by atomic mass is 9.84. The molecule has 1 fully saturated rings. The number of amides is 1. The third kappa shape index (κ3) is 3.70. The van der Waals surface area contributed by atoms with Gasteiger partial charge in [-0.15, -0.1) is 0 Å². The van der Waals surface area contributed by atoms with Crippen LogP contribution in [0.1, 0.15) is 52.9 Å². The first-order valence-corrected chi connectivity index (χ1v) is 8.06. The summed E-state index contributed by atoms with van der Waals surface area (Å²) in [6.07, 6.45) is 5.44. The highest BCUT2D eigenvalue weighted by atomic mass is 79.9. The number of carbonyl (C=O) groups excluding carboxylic acids is 1. The fourth-order valence-electron chi connectivity index (χ4n) is 2.72. The molecule has 1 amide bonds. The first-order valence-electron chi connectivity index (χ1n) is 6.94. The minimum atomic E-state index is 0.275. The van der Waals surface area contributed by atoms with Crippen molar-refractivity contribution in [1.82, 2.24) is 4.90 Å². The average Bonchev–Trinajstić information content (AvgIpc) is 2.67. The van der Waals surface area contributed by atoms with Gasteiger partial charge in [-0.05, 0) is 30.6 Å². The smallest absolute Gasteiger partial charge is 0.222 e. The number of rotatable bonds is 7. The molecule has 1 aliphatic heterocycles. The molecule has 0 bridgehead atoms. The highest BCUT2D eigenvalue weighted by Crippen LogP contribution is 2.33. The molecular weight excluding hydrogens is 278 g/mol. The molecular formula is C14H26BrNO. The van der Waals surface area contributed by atoms with Gasteiger partial charge >= 0.3 is 0 Å². The molecule has 0 aromatic rings. The number of alkyl halides is 1. The summed E-state index contributed by atoms with van der Waals surface area (Å²) < 4.78 is 0. The molecule has 1 aliphatic rings. The van der Waals surface area contributed by atoms with E-state index >= 15 is 0 Å². The SMILES string of the molecule is CCCC1CC(=O)N(CC(CC)(CC)CBr)C1. The number of hydrogen-bond acceptors (Lipinski definition) is 1. The molecule has 0 N–H and O–H groups in total. The van der Waals surface area contributed by atoms with Crippen LogP contribution in [-0.4, -0.2) is 29.2 Å². The second-order valence-electron chi connectivity index (χ2n) is 5.47. The van der Waals surface area contributed by atoms with E-state index in [2.05, 4.69) is 41.6 Å². The Balaban J connectivity index is 2.59. The van der Waals surface area contributed by atoms with Crippen LogP contribution in [-0.2, 0) is 4.79 Å². The van der Waals surface area contributed by atoms with Gasteiger partial charge in [0.05, 0.1) is 0 Å². The van der Waals surface area contributed by atoms with Crippen molar-refractivity contribution < 1.29 is 4.79 Å². The van der Waals surface area contributed by atoms with Crippen molar-refractivity contribution >= 4 is 21.8 Å². The number of likely N-dealkylation sites (tertiary alicyclic amines) is 1. The van der Waals surface area contributed by atoms with Gasteiger partial charge in [-0.1, -0.05) is 43.1 Å². The lowest BCUT2D eigenvalue weighted by Crippen LogP contribution is -2.39. The van der Waals surface area contributed by atoms with E-state index in [1.54, 1.807) is 0 Å². The standard InChI is InChI=1S/C14H26BrNO/c1-4-7-12-8-13(17)16(9-12)11-14(5-2,6-3)10-15/h12H,4-11H2,1-3H3. The quantitative estimate of drug-likeness (QED) is 0.654. The first-order chi connectivity index (χ1) is 8.10. The largest absolute Gasteiger partial charge is 0.342 e. The van der Waals surface area contributed by atoms with E-state index in [1.807, 2.05) is 0 Å². The van der Waals surface area contributed by atoms with Gasteiger partial charge in [0.2, 0.25) is 5.91 Å². The molecule has 0 aliphatic carbocycles. The second kappa shape index (κ2) is 6.77. The van der Waals surface area contributed by atoms with Crippen molar-refractivity contribution in [2.45, 2.75) is 52.9 Å². The summed E-state index contributed by atoms with van der Waals surface area (Å²) in [6, 6.07) is 0. The Labute approximate surface area is 114 Å². The molecule has 1 saturated heterocycles. The van der Waals surface area contributed by atoms with E-state index in [1.165, 1.54) is 12.8 Å². The van der Waals surface area contributed by atoms with Crippen molar-refractivity contribution in [1.29, 1.82) is 0 Å². The van der Waals surface area contributed by atoms with Crippen molar-refractivity contribution in [3.63, 3.8) is 0 Å². The van der Waals surface area contributed by atoms with Gasteiger partial charge in [-0.3, -0.25) is 4.79 Å². The van der Waals surface area contributed by atoms with Crippen LogP contribution in [0.5, 0.6) is 0 Å². The Hall–Kier alpha value is -0.0500. The Morgan fingerprint density at radius 2 is 2.00 bits per heavy atom. The van der Waals surface area contributed by atoms with Crippen LogP contribution in [0.4, 0.5) is 0 Å². The monoisotopic (exact) mass is 303 g/mol. The molecule has 3 heteroatoms. The van der Waals surface area contributed by atoms with Crippen molar-refractivity contribution in [2.75, 3.05) is 18.4 Å². The van der Waals surface area contributed by atoms with Crippen LogP contribution in [0, 0.1) is 11.3 Å². The zero-order valence-corrected chi connectivity index (χ0v) is 13.1. The van der Waals surface area contributed by atoms with E-state index in [4.69, 9.17) is 0 Å². The topological polar surface area (TPSA) is 20.3 Å². The predicted octanol–water partition coefficient (Wildman–Crippen LogP) is 3.84. The first kappa shape index (κ1) is 15.0. The van der Waals surface area contributed by atoms with Gasteiger partial charge in [-0.2, -0.15) is 0 Å². The summed E-state index contributed by atoms with van der Waals surface area (Å²) in [6.45, 7) is 8.59. The van der Waals surface area contributed by atoms with Gasteiger partial charge in [0.15, 0.2) is 0 Å². The van der Waals surface area contributed by atoms with Gasteiger partial charge in [0.1, 0.15) is 0 Å². The average molecular weight is 304 g/mol. The maximum absolute atomic E-state index is 12.0. The number of hydrogen-bond donors (Lipinski definition) is 0. The summed E-state index contributed by atoms with van der Waals surface area (Å²) in [4.78, 5) is 14.1. The summed E-state index contributed by atoms with van der Waals surface area (Å²) in [5.41, 5.74) is 0.275. The van der Waals surface area contributed by atoms with Gasteiger partial charge < -0.3 is 4.90 Å². The Morgan fingerprint density at radius 3 is 2.47 bits per heavy atom. The second-order valence-corrected chi connectivity index (χ2v) is 6.03. The number of carbonyl (C=O) groups is 1. The van der Waals surface area contributed by atoms with Gasteiger partial charge in [0.25, 0.3) is 0 Å². The lowest BCUT2D eigenvalue weighted by molar-refractivity contribution is -0.129. The van der Waals surface area contributed by atoms with E-state index in [0.29, 0.717) is 11.8 Å². The molecule has 1 unspecified atom stereocenters. The van der Waals surface area contributed by atoms with E-state index in [9.17, 15) is 4.79 Å². The molecule has 0 spiro atoms. The van der Waals surface area contributed by atoms with Gasteiger partial charge in [0, 0.05) is 24.8 Å². The molecule has 0 aromatic carbocycles. The Morgan fingerprint density at radius 1 is 1.35 bits per heavy atom. The van der Waals surface area contributed by atoms with Crippen molar-refractivity contribution in [3.8, 4) is 0 Å². The molecule has 17 heavy (non-hydrogen) atoms. The zero-order chi connectivity index (χ0) is 12.9. The molecule has 100 valence electrons. The molecule has 2 nitrogen and oxygen atoms in total. The highest BCUT2D eigenvalue weighted by molar-refractivity contribution is 9.09. The molecule has 1 heterocycles. The van der Waals surface area contributed by atoms with Crippen LogP contribution in [0.2, 0.25) is 0 Å².